The van der Waals surface area contributed by atoms with E-state index in [1.807, 2.05) is 26.8 Å². The van der Waals surface area contributed by atoms with Crippen LogP contribution >= 0.6 is 0 Å². The van der Waals surface area contributed by atoms with E-state index >= 15 is 0 Å². The summed E-state index contributed by atoms with van der Waals surface area (Å²) in [6.45, 7) is 12.9. The molecule has 0 unspecified atom stereocenters. The molecular formula is C14H24N2O. The highest BCUT2D eigenvalue weighted by Crippen LogP contribution is 2.20. The minimum absolute atomic E-state index is 0.179. The van der Waals surface area contributed by atoms with E-state index in [1.54, 1.807) is 0 Å². The zero-order valence-corrected chi connectivity index (χ0v) is 11.8. The third kappa shape index (κ3) is 3.19. The number of aryl methyl sites for hydroxylation is 1. The predicted molar refractivity (Wildman–Crippen MR) is 71.8 cm³/mol. The van der Waals surface area contributed by atoms with Crippen LogP contribution in [-0.2, 0) is 0 Å². The van der Waals surface area contributed by atoms with Crippen LogP contribution in [0.2, 0.25) is 0 Å². The molecule has 0 fully saturated rings. The average Bonchev–Trinajstić information content (AvgIpc) is 2.50. The molecule has 0 saturated carbocycles. The first-order chi connectivity index (χ1) is 7.84. The van der Waals surface area contributed by atoms with Gasteiger partial charge < -0.3 is 9.88 Å². The third-order valence-electron chi connectivity index (χ3n) is 2.97. The van der Waals surface area contributed by atoms with Crippen molar-refractivity contribution >= 4 is 5.78 Å². The highest BCUT2D eigenvalue weighted by atomic mass is 16.1. The van der Waals surface area contributed by atoms with Gasteiger partial charge in [0, 0.05) is 29.0 Å². The molecule has 0 aliphatic heterocycles. The summed E-state index contributed by atoms with van der Waals surface area (Å²) in [5, 5.41) is 3.17. The molecule has 1 heterocycles. The van der Waals surface area contributed by atoms with Gasteiger partial charge in [0.05, 0.1) is 6.54 Å². The number of rotatable bonds is 5. The van der Waals surface area contributed by atoms with Crippen LogP contribution in [0.1, 0.15) is 55.5 Å². The molecule has 0 radical (unpaired) electrons. The molecule has 0 atom stereocenters. The molecule has 0 amide bonds. The van der Waals surface area contributed by atoms with Crippen LogP contribution in [0.3, 0.4) is 0 Å². The molecule has 0 saturated heterocycles. The van der Waals surface area contributed by atoms with Crippen LogP contribution in [0.4, 0.5) is 0 Å². The molecule has 96 valence electrons. The van der Waals surface area contributed by atoms with Gasteiger partial charge in [0.25, 0.3) is 0 Å². The molecule has 3 heteroatoms. The molecule has 0 aliphatic carbocycles. The first-order valence-electron chi connectivity index (χ1n) is 6.29. The molecule has 17 heavy (non-hydrogen) atoms. The summed E-state index contributed by atoms with van der Waals surface area (Å²) in [7, 11) is 0. The molecule has 1 aromatic rings. The van der Waals surface area contributed by atoms with Crippen molar-refractivity contribution in [1.29, 1.82) is 0 Å². The van der Waals surface area contributed by atoms with E-state index < -0.39 is 0 Å². The standard InChI is InChI=1S/C14H24N2O/c1-9(2)15-8-14(17)13-7-11(5)16(10(3)4)12(13)6/h7,9-10,15H,8H2,1-6H3. The minimum atomic E-state index is 0.179. The fourth-order valence-corrected chi connectivity index (χ4v) is 2.25. The fourth-order valence-electron chi connectivity index (χ4n) is 2.25. The molecule has 0 spiro atoms. The van der Waals surface area contributed by atoms with Gasteiger partial charge in [-0.1, -0.05) is 13.8 Å². The van der Waals surface area contributed by atoms with Crippen LogP contribution in [0.15, 0.2) is 6.07 Å². The minimum Gasteiger partial charge on any atom is -0.346 e. The lowest BCUT2D eigenvalue weighted by molar-refractivity contribution is 0.0988. The fraction of sp³-hybridized carbons (Fsp3) is 0.643. The highest BCUT2D eigenvalue weighted by molar-refractivity contribution is 5.99. The van der Waals surface area contributed by atoms with Crippen LogP contribution in [0, 0.1) is 13.8 Å². The number of nitrogens with zero attached hydrogens (tertiary/aromatic N) is 1. The summed E-state index contributed by atoms with van der Waals surface area (Å²) in [4.78, 5) is 12.1. The van der Waals surface area contributed by atoms with E-state index in [-0.39, 0.29) is 5.78 Å². The first kappa shape index (κ1) is 14.0. The van der Waals surface area contributed by atoms with Gasteiger partial charge in [-0.15, -0.1) is 0 Å². The van der Waals surface area contributed by atoms with Crippen molar-refractivity contribution in [3.05, 3.63) is 23.0 Å². The molecule has 0 aromatic carbocycles. The number of ketones is 1. The molecule has 0 aliphatic rings. The summed E-state index contributed by atoms with van der Waals surface area (Å²) < 4.78 is 2.21. The Hall–Kier alpha value is -1.09. The predicted octanol–water partition coefficient (Wildman–Crippen LogP) is 2.87. The second-order valence-electron chi connectivity index (χ2n) is 5.21. The van der Waals surface area contributed by atoms with Crippen molar-refractivity contribution in [1.82, 2.24) is 9.88 Å². The lowest BCUT2D eigenvalue weighted by atomic mass is 10.1. The van der Waals surface area contributed by atoms with E-state index in [9.17, 15) is 4.79 Å². The SMILES string of the molecule is Cc1cc(C(=O)CNC(C)C)c(C)n1C(C)C. The zero-order valence-electron chi connectivity index (χ0n) is 11.8. The van der Waals surface area contributed by atoms with Gasteiger partial charge in [-0.25, -0.2) is 0 Å². The molecule has 1 rings (SSSR count). The Morgan fingerprint density at radius 1 is 1.29 bits per heavy atom. The number of hydrogen-bond donors (Lipinski definition) is 1. The van der Waals surface area contributed by atoms with Crippen molar-refractivity contribution < 1.29 is 4.79 Å². The molecular weight excluding hydrogens is 212 g/mol. The Morgan fingerprint density at radius 3 is 2.29 bits per heavy atom. The number of hydrogen-bond acceptors (Lipinski definition) is 2. The second kappa shape index (κ2) is 5.50. The van der Waals surface area contributed by atoms with Crippen molar-refractivity contribution in [2.45, 2.75) is 53.6 Å². The van der Waals surface area contributed by atoms with E-state index in [1.165, 1.54) is 0 Å². The Morgan fingerprint density at radius 2 is 1.88 bits per heavy atom. The van der Waals surface area contributed by atoms with Gasteiger partial charge in [0.2, 0.25) is 0 Å². The van der Waals surface area contributed by atoms with Gasteiger partial charge in [0.15, 0.2) is 5.78 Å². The number of carbonyl (C=O) groups is 1. The van der Waals surface area contributed by atoms with Crippen LogP contribution in [0.25, 0.3) is 0 Å². The van der Waals surface area contributed by atoms with Crippen molar-refractivity contribution in [3.8, 4) is 0 Å². The van der Waals surface area contributed by atoms with Gasteiger partial charge in [0.1, 0.15) is 0 Å². The summed E-state index contributed by atoms with van der Waals surface area (Å²) in [6, 6.07) is 2.74. The highest BCUT2D eigenvalue weighted by Gasteiger charge is 2.16. The topological polar surface area (TPSA) is 34.0 Å². The number of aromatic nitrogens is 1. The zero-order chi connectivity index (χ0) is 13.2. The Labute approximate surface area is 104 Å². The van der Waals surface area contributed by atoms with Crippen LogP contribution in [-0.4, -0.2) is 22.9 Å². The lowest BCUT2D eigenvalue weighted by Crippen LogP contribution is -2.29. The Bertz CT molecular complexity index is 403. The Balaban J connectivity index is 2.92. The summed E-state index contributed by atoms with van der Waals surface area (Å²) in [6.07, 6.45) is 0. The van der Waals surface area contributed by atoms with Gasteiger partial charge in [-0.3, -0.25) is 4.79 Å². The maximum Gasteiger partial charge on any atom is 0.178 e. The molecule has 0 bridgehead atoms. The third-order valence-corrected chi connectivity index (χ3v) is 2.97. The maximum absolute atomic E-state index is 12.1. The van der Waals surface area contributed by atoms with Crippen molar-refractivity contribution in [2.24, 2.45) is 0 Å². The van der Waals surface area contributed by atoms with Crippen molar-refractivity contribution in [2.75, 3.05) is 6.54 Å². The van der Waals surface area contributed by atoms with Crippen LogP contribution in [0.5, 0.6) is 0 Å². The number of carbonyl (C=O) groups excluding carboxylic acids is 1. The normalized spacial score (nSPS) is 11.5. The lowest BCUT2D eigenvalue weighted by Gasteiger charge is -2.13. The van der Waals surface area contributed by atoms with Crippen molar-refractivity contribution in [3.63, 3.8) is 0 Å². The maximum atomic E-state index is 12.1. The molecule has 1 aromatic heterocycles. The summed E-state index contributed by atoms with van der Waals surface area (Å²) in [5.41, 5.74) is 3.09. The summed E-state index contributed by atoms with van der Waals surface area (Å²) >= 11 is 0. The first-order valence-corrected chi connectivity index (χ1v) is 6.29. The monoisotopic (exact) mass is 236 g/mol. The summed E-state index contributed by atoms with van der Waals surface area (Å²) in [5.74, 6) is 0.179. The quantitative estimate of drug-likeness (QED) is 0.798. The number of Topliss-reactive ketones (excluding diaryl/α,β-unsaturated/α-hetero) is 1. The largest absolute Gasteiger partial charge is 0.346 e. The smallest absolute Gasteiger partial charge is 0.178 e. The van der Waals surface area contributed by atoms with E-state index in [0.29, 0.717) is 18.6 Å². The molecule has 1 N–H and O–H groups in total. The van der Waals surface area contributed by atoms with Gasteiger partial charge in [-0.2, -0.15) is 0 Å². The van der Waals surface area contributed by atoms with Crippen LogP contribution < -0.4 is 5.32 Å². The average molecular weight is 236 g/mol. The number of nitrogens with one attached hydrogen (secondary N) is 1. The Kier molecular flexibility index (Phi) is 4.52. The van der Waals surface area contributed by atoms with E-state index in [0.717, 1.165) is 17.0 Å². The second-order valence-corrected chi connectivity index (χ2v) is 5.21. The molecule has 3 nitrogen and oxygen atoms in total. The van der Waals surface area contributed by atoms with E-state index in [4.69, 9.17) is 0 Å². The van der Waals surface area contributed by atoms with E-state index in [2.05, 4.69) is 30.7 Å². The van der Waals surface area contributed by atoms with Gasteiger partial charge >= 0.3 is 0 Å². The van der Waals surface area contributed by atoms with Gasteiger partial charge in [-0.05, 0) is 33.8 Å².